The lowest BCUT2D eigenvalue weighted by molar-refractivity contribution is 0.410. The standard InChI is InChI=1S/C15H20N4O/c1-20-14-10-17-15(18-11-14)19(9-5-8-16)12-13-6-3-2-4-7-13/h2-4,6-7,10-11H,5,8-9,12,16H2,1H3. The third kappa shape index (κ3) is 3.93. The first kappa shape index (κ1) is 14.3. The van der Waals surface area contributed by atoms with E-state index in [2.05, 4.69) is 27.0 Å². The second kappa shape index (κ2) is 7.45. The highest BCUT2D eigenvalue weighted by Crippen LogP contribution is 2.15. The van der Waals surface area contributed by atoms with Gasteiger partial charge in [-0.3, -0.25) is 0 Å². The minimum Gasteiger partial charge on any atom is -0.494 e. The molecule has 0 saturated carbocycles. The number of methoxy groups -OCH3 is 1. The first-order valence-electron chi connectivity index (χ1n) is 6.68. The van der Waals surface area contributed by atoms with Gasteiger partial charge in [0.2, 0.25) is 5.95 Å². The molecule has 0 aliphatic carbocycles. The molecule has 106 valence electrons. The lowest BCUT2D eigenvalue weighted by atomic mass is 10.2. The first-order valence-corrected chi connectivity index (χ1v) is 6.68. The second-order valence-corrected chi connectivity index (χ2v) is 4.47. The van der Waals surface area contributed by atoms with Crippen LogP contribution >= 0.6 is 0 Å². The maximum atomic E-state index is 5.61. The summed E-state index contributed by atoms with van der Waals surface area (Å²) in [6, 6.07) is 10.3. The van der Waals surface area contributed by atoms with Crippen LogP contribution in [-0.4, -0.2) is 30.2 Å². The Morgan fingerprint density at radius 3 is 2.45 bits per heavy atom. The monoisotopic (exact) mass is 272 g/mol. The molecule has 1 aromatic heterocycles. The van der Waals surface area contributed by atoms with Crippen LogP contribution in [0, 0.1) is 0 Å². The Kier molecular flexibility index (Phi) is 5.32. The number of benzene rings is 1. The molecule has 1 heterocycles. The Morgan fingerprint density at radius 2 is 1.85 bits per heavy atom. The van der Waals surface area contributed by atoms with Gasteiger partial charge in [-0.25, -0.2) is 9.97 Å². The Labute approximate surface area is 119 Å². The van der Waals surface area contributed by atoms with Gasteiger partial charge >= 0.3 is 0 Å². The van der Waals surface area contributed by atoms with Crippen molar-refractivity contribution in [1.29, 1.82) is 0 Å². The SMILES string of the molecule is COc1cnc(N(CCCN)Cc2ccccc2)nc1. The van der Waals surface area contributed by atoms with Crippen molar-refractivity contribution in [1.82, 2.24) is 9.97 Å². The van der Waals surface area contributed by atoms with Gasteiger partial charge in [-0.2, -0.15) is 0 Å². The number of rotatable bonds is 7. The zero-order valence-corrected chi connectivity index (χ0v) is 11.7. The van der Waals surface area contributed by atoms with Gasteiger partial charge in [0.1, 0.15) is 0 Å². The Hall–Kier alpha value is -2.14. The molecule has 0 fully saturated rings. The van der Waals surface area contributed by atoms with Crippen molar-refractivity contribution >= 4 is 5.95 Å². The van der Waals surface area contributed by atoms with E-state index in [9.17, 15) is 0 Å². The molecule has 1 aromatic carbocycles. The number of aromatic nitrogens is 2. The summed E-state index contributed by atoms with van der Waals surface area (Å²) in [5.41, 5.74) is 6.83. The summed E-state index contributed by atoms with van der Waals surface area (Å²) in [6.07, 6.45) is 4.27. The lowest BCUT2D eigenvalue weighted by Gasteiger charge is -2.22. The number of anilines is 1. The predicted molar refractivity (Wildman–Crippen MR) is 79.7 cm³/mol. The Morgan fingerprint density at radius 1 is 1.15 bits per heavy atom. The summed E-state index contributed by atoms with van der Waals surface area (Å²) in [4.78, 5) is 10.8. The van der Waals surface area contributed by atoms with E-state index in [4.69, 9.17) is 10.5 Å². The number of nitrogens with two attached hydrogens (primary N) is 1. The molecule has 5 nitrogen and oxygen atoms in total. The topological polar surface area (TPSA) is 64.3 Å². The zero-order chi connectivity index (χ0) is 14.2. The molecule has 0 radical (unpaired) electrons. The van der Waals surface area contributed by atoms with E-state index in [0.717, 1.165) is 19.5 Å². The van der Waals surface area contributed by atoms with Gasteiger partial charge in [0.05, 0.1) is 19.5 Å². The van der Waals surface area contributed by atoms with Crippen LogP contribution in [0.1, 0.15) is 12.0 Å². The van der Waals surface area contributed by atoms with Crippen molar-refractivity contribution in [2.24, 2.45) is 5.73 Å². The summed E-state index contributed by atoms with van der Waals surface area (Å²) in [5, 5.41) is 0. The smallest absolute Gasteiger partial charge is 0.225 e. The third-order valence-electron chi connectivity index (χ3n) is 2.98. The van der Waals surface area contributed by atoms with Crippen molar-refractivity contribution in [3.63, 3.8) is 0 Å². The predicted octanol–water partition coefficient (Wildman–Crippen LogP) is 1.84. The van der Waals surface area contributed by atoms with Crippen molar-refractivity contribution in [3.8, 4) is 5.75 Å². The molecule has 0 saturated heterocycles. The third-order valence-corrected chi connectivity index (χ3v) is 2.98. The minimum absolute atomic E-state index is 0.654. The maximum absolute atomic E-state index is 5.61. The van der Waals surface area contributed by atoms with E-state index < -0.39 is 0 Å². The van der Waals surface area contributed by atoms with Gasteiger partial charge < -0.3 is 15.4 Å². The molecular formula is C15H20N4O. The van der Waals surface area contributed by atoms with E-state index in [-0.39, 0.29) is 0 Å². The van der Waals surface area contributed by atoms with Crippen LogP contribution in [0.25, 0.3) is 0 Å². The minimum atomic E-state index is 0.654. The fraction of sp³-hybridized carbons (Fsp3) is 0.333. The van der Waals surface area contributed by atoms with Crippen LogP contribution in [0.15, 0.2) is 42.7 Å². The summed E-state index contributed by atoms with van der Waals surface area (Å²) >= 11 is 0. The van der Waals surface area contributed by atoms with Crippen molar-refractivity contribution in [3.05, 3.63) is 48.3 Å². The Bertz CT molecular complexity index is 501. The largest absolute Gasteiger partial charge is 0.494 e. The molecule has 0 unspecified atom stereocenters. The molecule has 20 heavy (non-hydrogen) atoms. The highest BCUT2D eigenvalue weighted by atomic mass is 16.5. The molecule has 0 aliphatic rings. The van der Waals surface area contributed by atoms with Crippen molar-refractivity contribution in [2.75, 3.05) is 25.1 Å². The molecule has 0 aliphatic heterocycles. The van der Waals surface area contributed by atoms with E-state index >= 15 is 0 Å². The fourth-order valence-electron chi connectivity index (χ4n) is 1.91. The van der Waals surface area contributed by atoms with Gasteiger partial charge in [-0.05, 0) is 18.5 Å². The number of ether oxygens (including phenoxy) is 1. The normalized spacial score (nSPS) is 10.3. The van der Waals surface area contributed by atoms with Crippen LogP contribution in [-0.2, 0) is 6.54 Å². The van der Waals surface area contributed by atoms with Crippen molar-refractivity contribution in [2.45, 2.75) is 13.0 Å². The van der Waals surface area contributed by atoms with Gasteiger partial charge in [-0.15, -0.1) is 0 Å². The molecule has 2 rings (SSSR count). The summed E-state index contributed by atoms with van der Waals surface area (Å²) < 4.78 is 5.08. The first-order chi connectivity index (χ1) is 9.83. The van der Waals surface area contributed by atoms with Crippen LogP contribution in [0.3, 0.4) is 0 Å². The molecule has 2 aromatic rings. The molecule has 0 amide bonds. The molecule has 0 bridgehead atoms. The summed E-state index contributed by atoms with van der Waals surface area (Å²) in [7, 11) is 1.61. The van der Waals surface area contributed by atoms with Crippen molar-refractivity contribution < 1.29 is 4.74 Å². The quantitative estimate of drug-likeness (QED) is 0.833. The summed E-state index contributed by atoms with van der Waals surface area (Å²) in [6.45, 7) is 2.26. The highest BCUT2D eigenvalue weighted by Gasteiger charge is 2.10. The average molecular weight is 272 g/mol. The van der Waals surface area contributed by atoms with Gasteiger partial charge in [-0.1, -0.05) is 30.3 Å². The van der Waals surface area contributed by atoms with E-state index in [1.54, 1.807) is 19.5 Å². The van der Waals surface area contributed by atoms with Crippen LogP contribution in [0.2, 0.25) is 0 Å². The van der Waals surface area contributed by atoms with Gasteiger partial charge in [0.25, 0.3) is 0 Å². The molecule has 2 N–H and O–H groups in total. The van der Waals surface area contributed by atoms with E-state index in [1.165, 1.54) is 5.56 Å². The van der Waals surface area contributed by atoms with E-state index in [1.807, 2.05) is 18.2 Å². The molecular weight excluding hydrogens is 252 g/mol. The number of hydrogen-bond acceptors (Lipinski definition) is 5. The van der Waals surface area contributed by atoms with Crippen LogP contribution in [0.4, 0.5) is 5.95 Å². The fourth-order valence-corrected chi connectivity index (χ4v) is 1.91. The lowest BCUT2D eigenvalue weighted by Crippen LogP contribution is -2.27. The maximum Gasteiger partial charge on any atom is 0.225 e. The van der Waals surface area contributed by atoms with Crippen LogP contribution in [0.5, 0.6) is 5.75 Å². The Balaban J connectivity index is 2.13. The second-order valence-electron chi connectivity index (χ2n) is 4.47. The molecule has 5 heteroatoms. The highest BCUT2D eigenvalue weighted by molar-refractivity contribution is 5.33. The average Bonchev–Trinajstić information content (AvgIpc) is 2.52. The molecule has 0 atom stereocenters. The van der Waals surface area contributed by atoms with Gasteiger partial charge in [0.15, 0.2) is 5.75 Å². The number of hydrogen-bond donors (Lipinski definition) is 1. The molecule has 0 spiro atoms. The van der Waals surface area contributed by atoms with Crippen LogP contribution < -0.4 is 15.4 Å². The zero-order valence-electron chi connectivity index (χ0n) is 11.7. The van der Waals surface area contributed by atoms with Gasteiger partial charge in [0, 0.05) is 13.1 Å². The summed E-state index contributed by atoms with van der Waals surface area (Å²) in [5.74, 6) is 1.36. The van der Waals surface area contributed by atoms with E-state index in [0.29, 0.717) is 18.2 Å². The number of nitrogens with zero attached hydrogens (tertiary/aromatic N) is 3.